The molecule has 7 heteroatoms. The van der Waals surface area contributed by atoms with Crippen molar-refractivity contribution in [3.05, 3.63) is 22.4 Å². The minimum absolute atomic E-state index is 0.113. The summed E-state index contributed by atoms with van der Waals surface area (Å²) in [4.78, 5) is 26.4. The van der Waals surface area contributed by atoms with E-state index in [9.17, 15) is 9.59 Å². The van der Waals surface area contributed by atoms with Crippen LogP contribution in [0.25, 0.3) is 0 Å². The van der Waals surface area contributed by atoms with Crippen LogP contribution in [0.5, 0.6) is 0 Å². The molecule has 0 radical (unpaired) electrons. The summed E-state index contributed by atoms with van der Waals surface area (Å²) in [7, 11) is 0. The first-order valence-corrected chi connectivity index (χ1v) is 5.72. The van der Waals surface area contributed by atoms with Gasteiger partial charge in [0.25, 0.3) is 5.91 Å². The van der Waals surface area contributed by atoms with E-state index in [0.717, 1.165) is 4.47 Å². The molecule has 0 unspecified atom stereocenters. The maximum atomic E-state index is 11.7. The Morgan fingerprint density at radius 2 is 2.24 bits per heavy atom. The summed E-state index contributed by atoms with van der Waals surface area (Å²) < 4.78 is 2.53. The second kappa shape index (κ2) is 5.83. The largest absolute Gasteiger partial charge is 0.479 e. The Bertz CT molecular complexity index is 428. The number of hydroxylamine groups is 1. The number of aromatic nitrogens is 1. The number of carboxylic acid groups (broad SMARTS) is 1. The van der Waals surface area contributed by atoms with E-state index < -0.39 is 18.5 Å². The van der Waals surface area contributed by atoms with E-state index >= 15 is 0 Å². The van der Waals surface area contributed by atoms with E-state index in [0.29, 0.717) is 5.69 Å². The van der Waals surface area contributed by atoms with Crippen LogP contribution in [-0.4, -0.2) is 28.2 Å². The maximum absolute atomic E-state index is 11.7. The van der Waals surface area contributed by atoms with Gasteiger partial charge in [0, 0.05) is 16.7 Å². The fourth-order valence-electron chi connectivity index (χ4n) is 1.27. The van der Waals surface area contributed by atoms with Crippen LogP contribution < -0.4 is 5.48 Å². The number of hydrogen-bond acceptors (Lipinski definition) is 3. The topological polar surface area (TPSA) is 80.6 Å². The van der Waals surface area contributed by atoms with E-state index in [-0.39, 0.29) is 6.04 Å². The molecule has 0 aliphatic heterocycles. The Kier molecular flexibility index (Phi) is 4.71. The maximum Gasteiger partial charge on any atom is 0.332 e. The highest BCUT2D eigenvalue weighted by Crippen LogP contribution is 2.19. The summed E-state index contributed by atoms with van der Waals surface area (Å²) >= 11 is 3.28. The monoisotopic (exact) mass is 304 g/mol. The molecule has 0 aliphatic carbocycles. The fraction of sp³-hybridized carbons (Fsp3) is 0.400. The molecule has 0 bridgehead atoms. The van der Waals surface area contributed by atoms with Crippen LogP contribution in [0, 0.1) is 0 Å². The van der Waals surface area contributed by atoms with Crippen LogP contribution >= 0.6 is 15.9 Å². The molecule has 1 rings (SSSR count). The van der Waals surface area contributed by atoms with Crippen molar-refractivity contribution in [1.29, 1.82) is 0 Å². The molecule has 94 valence electrons. The summed E-state index contributed by atoms with van der Waals surface area (Å²) in [5, 5.41) is 8.35. The lowest BCUT2D eigenvalue weighted by Gasteiger charge is -2.12. The molecule has 0 fully saturated rings. The third-order valence-corrected chi connectivity index (χ3v) is 2.40. The van der Waals surface area contributed by atoms with Crippen LogP contribution in [0.4, 0.5) is 0 Å². The average Bonchev–Trinajstić information content (AvgIpc) is 2.59. The number of aliphatic carboxylic acids is 1. The average molecular weight is 305 g/mol. The summed E-state index contributed by atoms with van der Waals surface area (Å²) in [6, 6.07) is 1.75. The minimum Gasteiger partial charge on any atom is -0.479 e. The summed E-state index contributed by atoms with van der Waals surface area (Å²) in [6.07, 6.45) is 1.77. The van der Waals surface area contributed by atoms with Crippen molar-refractivity contribution in [2.45, 2.75) is 19.9 Å². The molecule has 1 amide bonds. The Hall–Kier alpha value is -1.34. The second-order valence-electron chi connectivity index (χ2n) is 3.66. The van der Waals surface area contributed by atoms with E-state index in [4.69, 9.17) is 5.11 Å². The molecule has 0 aromatic carbocycles. The van der Waals surface area contributed by atoms with Gasteiger partial charge in [-0.2, -0.15) is 0 Å². The van der Waals surface area contributed by atoms with Gasteiger partial charge in [0.2, 0.25) is 0 Å². The zero-order chi connectivity index (χ0) is 13.0. The number of rotatable bonds is 5. The van der Waals surface area contributed by atoms with Gasteiger partial charge in [0.05, 0.1) is 0 Å². The third kappa shape index (κ3) is 3.86. The van der Waals surface area contributed by atoms with Crippen molar-refractivity contribution < 1.29 is 19.5 Å². The number of hydrogen-bond donors (Lipinski definition) is 2. The van der Waals surface area contributed by atoms with Crippen molar-refractivity contribution in [3.63, 3.8) is 0 Å². The lowest BCUT2D eigenvalue weighted by atomic mass is 10.3. The fourth-order valence-corrected chi connectivity index (χ4v) is 1.71. The van der Waals surface area contributed by atoms with Gasteiger partial charge in [-0.25, -0.2) is 10.3 Å². The van der Waals surface area contributed by atoms with Gasteiger partial charge in [-0.3, -0.25) is 9.63 Å². The minimum atomic E-state index is -1.15. The number of amides is 1. The van der Waals surface area contributed by atoms with Crippen LogP contribution in [0.3, 0.4) is 0 Å². The van der Waals surface area contributed by atoms with Crippen LogP contribution in [0.1, 0.15) is 30.4 Å². The van der Waals surface area contributed by atoms with Crippen molar-refractivity contribution in [3.8, 4) is 0 Å². The molecular formula is C10H13BrN2O4. The van der Waals surface area contributed by atoms with Gasteiger partial charge in [-0.15, -0.1) is 0 Å². The number of carboxylic acids is 1. The van der Waals surface area contributed by atoms with Gasteiger partial charge in [-0.1, -0.05) is 0 Å². The molecule has 0 aliphatic rings. The van der Waals surface area contributed by atoms with Crippen molar-refractivity contribution in [1.82, 2.24) is 10.0 Å². The summed E-state index contributed by atoms with van der Waals surface area (Å²) in [5.41, 5.74) is 2.48. The number of carbonyl (C=O) groups is 2. The molecule has 0 saturated carbocycles. The predicted molar refractivity (Wildman–Crippen MR) is 63.6 cm³/mol. The van der Waals surface area contributed by atoms with Gasteiger partial charge >= 0.3 is 5.97 Å². The molecule has 0 atom stereocenters. The molecule has 0 spiro atoms. The Balaban J connectivity index is 2.71. The number of nitrogens with one attached hydrogen (secondary N) is 1. The van der Waals surface area contributed by atoms with E-state index in [2.05, 4.69) is 26.2 Å². The smallest absolute Gasteiger partial charge is 0.332 e. The molecule has 0 saturated heterocycles. The molecule has 1 aromatic heterocycles. The van der Waals surface area contributed by atoms with Crippen molar-refractivity contribution in [2.24, 2.45) is 0 Å². The van der Waals surface area contributed by atoms with E-state index in [1.165, 1.54) is 0 Å². The van der Waals surface area contributed by atoms with Gasteiger partial charge in [-0.05, 0) is 35.8 Å². The zero-order valence-corrected chi connectivity index (χ0v) is 11.0. The normalized spacial score (nSPS) is 10.6. The highest BCUT2D eigenvalue weighted by atomic mass is 79.9. The Labute approximate surface area is 107 Å². The first-order valence-electron chi connectivity index (χ1n) is 4.93. The van der Waals surface area contributed by atoms with E-state index in [1.54, 1.807) is 16.8 Å². The van der Waals surface area contributed by atoms with Gasteiger partial charge in [0.15, 0.2) is 6.61 Å². The van der Waals surface area contributed by atoms with Crippen LogP contribution in [-0.2, 0) is 9.63 Å². The third-order valence-electron chi connectivity index (χ3n) is 1.96. The van der Waals surface area contributed by atoms with Crippen LogP contribution in [0.2, 0.25) is 0 Å². The molecular weight excluding hydrogens is 292 g/mol. The highest BCUT2D eigenvalue weighted by molar-refractivity contribution is 9.10. The van der Waals surface area contributed by atoms with Crippen LogP contribution in [0.15, 0.2) is 16.7 Å². The molecule has 6 nitrogen and oxygen atoms in total. The molecule has 1 aromatic rings. The first-order chi connectivity index (χ1) is 7.91. The first kappa shape index (κ1) is 13.7. The van der Waals surface area contributed by atoms with Crippen molar-refractivity contribution in [2.75, 3.05) is 6.61 Å². The van der Waals surface area contributed by atoms with Crippen molar-refractivity contribution >= 4 is 27.8 Å². The number of nitrogens with zero attached hydrogens (tertiary/aromatic N) is 1. The Morgan fingerprint density at radius 3 is 2.76 bits per heavy atom. The van der Waals surface area contributed by atoms with E-state index in [1.807, 2.05) is 13.8 Å². The Morgan fingerprint density at radius 1 is 1.59 bits per heavy atom. The molecule has 1 heterocycles. The lowest BCUT2D eigenvalue weighted by Crippen LogP contribution is -2.28. The number of halogens is 1. The summed E-state index contributed by atoms with van der Waals surface area (Å²) in [5.74, 6) is -1.63. The second-order valence-corrected chi connectivity index (χ2v) is 4.57. The number of carbonyl (C=O) groups excluding carboxylic acids is 1. The van der Waals surface area contributed by atoms with Gasteiger partial charge < -0.3 is 9.67 Å². The quantitative estimate of drug-likeness (QED) is 0.809. The lowest BCUT2D eigenvalue weighted by molar-refractivity contribution is -0.144. The predicted octanol–water partition coefficient (Wildman–Crippen LogP) is 1.58. The standard InChI is InChI=1S/C10H13BrN2O4/c1-6(2)13-4-7(11)3-8(13)10(16)12-17-5-9(14)15/h3-4,6H,5H2,1-2H3,(H,12,16)(H,14,15). The zero-order valence-electron chi connectivity index (χ0n) is 9.44. The molecule has 17 heavy (non-hydrogen) atoms. The van der Waals surface area contributed by atoms with Gasteiger partial charge in [0.1, 0.15) is 5.69 Å². The molecule has 2 N–H and O–H groups in total. The summed E-state index contributed by atoms with van der Waals surface area (Å²) in [6.45, 7) is 3.29. The SMILES string of the molecule is CC(C)n1cc(Br)cc1C(=O)NOCC(=O)O. The highest BCUT2D eigenvalue weighted by Gasteiger charge is 2.15.